The second kappa shape index (κ2) is 21.1. The number of benzene rings is 2. The van der Waals surface area contributed by atoms with Crippen molar-refractivity contribution in [2.24, 2.45) is 11.8 Å². The van der Waals surface area contributed by atoms with Gasteiger partial charge in [-0.3, -0.25) is 19.6 Å². The number of ether oxygens (including phenoxy) is 2. The monoisotopic (exact) mass is 756 g/mol. The molecule has 2 aromatic heterocycles. The number of hydrogen-bond acceptors (Lipinski definition) is 9. The average molecular weight is 757 g/mol. The van der Waals surface area contributed by atoms with Crippen LogP contribution < -0.4 is 21.3 Å². The summed E-state index contributed by atoms with van der Waals surface area (Å²) in [6.07, 6.45) is 3.43. The van der Waals surface area contributed by atoms with E-state index in [1.165, 1.54) is 24.3 Å². The topological polar surface area (TPSA) is 181 Å². The molecule has 2 aromatic carbocycles. The lowest BCUT2D eigenvalue weighted by atomic mass is 9.91. The number of aliphatic hydroxyl groups excluding tert-OH is 1. The van der Waals surface area contributed by atoms with Gasteiger partial charge in [0.25, 0.3) is 0 Å². The summed E-state index contributed by atoms with van der Waals surface area (Å²) in [6, 6.07) is 17.5. The molecule has 0 saturated carbocycles. The van der Waals surface area contributed by atoms with Crippen molar-refractivity contribution in [3.8, 4) is 0 Å². The number of rotatable bonds is 18. The van der Waals surface area contributed by atoms with Gasteiger partial charge in [0.2, 0.25) is 11.8 Å². The van der Waals surface area contributed by atoms with Crippen LogP contribution in [0.5, 0.6) is 0 Å². The number of nitrogens with one attached hydrogen (secondary N) is 4. The number of halogens is 1. The van der Waals surface area contributed by atoms with E-state index in [-0.39, 0.29) is 32.0 Å². The highest BCUT2D eigenvalue weighted by molar-refractivity contribution is 5.87. The van der Waals surface area contributed by atoms with E-state index in [1.54, 1.807) is 76.7 Å². The van der Waals surface area contributed by atoms with Gasteiger partial charge in [0.1, 0.15) is 31.1 Å². The molecular formula is C41H49FN6O7. The molecule has 4 aromatic rings. The summed E-state index contributed by atoms with van der Waals surface area (Å²) in [6.45, 7) is 6.89. The average Bonchev–Trinajstić information content (AvgIpc) is 3.18. The number of nitrogens with zero attached hydrogens (tertiary/aromatic N) is 2. The molecule has 14 heteroatoms. The zero-order valence-corrected chi connectivity index (χ0v) is 31.4. The molecule has 0 bridgehead atoms. The molecule has 0 fully saturated rings. The fourth-order valence-electron chi connectivity index (χ4n) is 5.75. The van der Waals surface area contributed by atoms with Crippen molar-refractivity contribution in [3.05, 3.63) is 132 Å². The summed E-state index contributed by atoms with van der Waals surface area (Å²) in [5, 5.41) is 23.2. The van der Waals surface area contributed by atoms with Gasteiger partial charge in [-0.2, -0.15) is 0 Å². The molecule has 0 aliphatic rings. The molecule has 4 rings (SSSR count). The Bertz CT molecular complexity index is 1800. The van der Waals surface area contributed by atoms with Crippen LogP contribution in [-0.2, 0) is 45.1 Å². The number of alkyl carbamates (subject to hydrolysis) is 2. The van der Waals surface area contributed by atoms with Crippen LogP contribution in [0, 0.1) is 17.7 Å². The standard InChI is InChI=1S/C41H49FN6O7/c1-26(2)35(47-40(52)54-24-30-12-8-18-43-22-30)38(50)45-33(20-28-10-6-5-7-11-28)37(49)34(21-29-14-16-32(42)17-15-29)46-39(51)36(27(3)4)48-41(53)55-25-31-13-9-19-44-23-31/h5-19,22-23,26-27,33-37,49H,20-21,24-25H2,1-4H3,(H,45,50)(H,46,51)(H,47,52)(H,48,53)/t33-,34-,35-,36-,37+/m0/s1. The van der Waals surface area contributed by atoms with Crippen LogP contribution in [0.25, 0.3) is 0 Å². The van der Waals surface area contributed by atoms with Crippen molar-refractivity contribution in [1.29, 1.82) is 0 Å². The molecular weight excluding hydrogens is 707 g/mol. The number of aromatic nitrogens is 2. The van der Waals surface area contributed by atoms with Gasteiger partial charge in [-0.15, -0.1) is 0 Å². The van der Waals surface area contributed by atoms with Crippen molar-refractivity contribution in [1.82, 2.24) is 31.2 Å². The predicted octanol–water partition coefficient (Wildman–Crippen LogP) is 4.63. The van der Waals surface area contributed by atoms with Crippen molar-refractivity contribution in [3.63, 3.8) is 0 Å². The SMILES string of the molecule is CC(C)[C@H](NC(=O)OCc1cccnc1)C(=O)N[C@@H](Cc1ccccc1)[C@@H](O)[C@H](Cc1ccc(F)cc1)NC(=O)[C@@H](NC(=O)OCc1cccnc1)C(C)C. The smallest absolute Gasteiger partial charge is 0.408 e. The number of hydrogen-bond donors (Lipinski definition) is 5. The number of carbonyl (C=O) groups excluding carboxylic acids is 4. The lowest BCUT2D eigenvalue weighted by Gasteiger charge is -2.34. The third kappa shape index (κ3) is 13.8. The maximum absolute atomic E-state index is 13.9. The van der Waals surface area contributed by atoms with Gasteiger partial charge < -0.3 is 35.8 Å². The van der Waals surface area contributed by atoms with Gasteiger partial charge in [0, 0.05) is 35.9 Å². The summed E-state index contributed by atoms with van der Waals surface area (Å²) < 4.78 is 24.6. The second-order valence-corrected chi connectivity index (χ2v) is 13.8. The number of aliphatic hydroxyl groups is 1. The first kappa shape index (κ1) is 41.9. The Morgan fingerprint density at radius 2 is 1.02 bits per heavy atom. The first-order valence-corrected chi connectivity index (χ1v) is 18.1. The fraction of sp³-hybridized carbons (Fsp3) is 0.366. The fourth-order valence-corrected chi connectivity index (χ4v) is 5.75. The van der Waals surface area contributed by atoms with Crippen LogP contribution in [0.2, 0.25) is 0 Å². The van der Waals surface area contributed by atoms with Gasteiger partial charge in [0.15, 0.2) is 0 Å². The molecule has 4 amide bonds. The van der Waals surface area contributed by atoms with Crippen LogP contribution in [0.3, 0.4) is 0 Å². The van der Waals surface area contributed by atoms with E-state index in [0.29, 0.717) is 16.7 Å². The number of amides is 4. The summed E-state index contributed by atoms with van der Waals surface area (Å²) in [7, 11) is 0. The number of pyridine rings is 2. The lowest BCUT2D eigenvalue weighted by Crippen LogP contribution is -2.61. The van der Waals surface area contributed by atoms with Crippen molar-refractivity contribution >= 4 is 24.0 Å². The molecule has 5 N–H and O–H groups in total. The molecule has 0 aliphatic heterocycles. The van der Waals surface area contributed by atoms with Crippen LogP contribution in [0.4, 0.5) is 14.0 Å². The Labute approximate surface area is 320 Å². The maximum Gasteiger partial charge on any atom is 0.408 e. The Kier molecular flexibility index (Phi) is 16.1. The lowest BCUT2D eigenvalue weighted by molar-refractivity contribution is -0.126. The Balaban J connectivity index is 1.56. The molecule has 5 atom stereocenters. The zero-order chi connectivity index (χ0) is 39.7. The van der Waals surface area contributed by atoms with Crippen molar-refractivity contribution in [2.75, 3.05) is 0 Å². The minimum atomic E-state index is -1.42. The molecule has 292 valence electrons. The minimum Gasteiger partial charge on any atom is -0.445 e. The van der Waals surface area contributed by atoms with Gasteiger partial charge in [-0.05, 0) is 60.1 Å². The van der Waals surface area contributed by atoms with Gasteiger partial charge in [-0.1, -0.05) is 82.3 Å². The first-order chi connectivity index (χ1) is 26.4. The molecule has 55 heavy (non-hydrogen) atoms. The Hall–Kier alpha value is -5.89. The third-order valence-electron chi connectivity index (χ3n) is 8.78. The van der Waals surface area contributed by atoms with E-state index in [9.17, 15) is 28.7 Å². The largest absolute Gasteiger partial charge is 0.445 e. The molecule has 2 heterocycles. The van der Waals surface area contributed by atoms with Gasteiger partial charge in [0.05, 0.1) is 18.2 Å². The maximum atomic E-state index is 13.9. The highest BCUT2D eigenvalue weighted by Crippen LogP contribution is 2.17. The van der Waals surface area contributed by atoms with E-state index in [0.717, 1.165) is 5.56 Å². The molecule has 0 spiro atoms. The molecule has 0 aliphatic carbocycles. The number of carbonyl (C=O) groups is 4. The molecule has 0 unspecified atom stereocenters. The molecule has 0 saturated heterocycles. The van der Waals surface area contributed by atoms with Crippen molar-refractivity contribution in [2.45, 2.75) is 84.0 Å². The van der Waals surface area contributed by atoms with E-state index in [1.807, 2.05) is 30.3 Å². The highest BCUT2D eigenvalue weighted by atomic mass is 19.1. The van der Waals surface area contributed by atoms with E-state index in [2.05, 4.69) is 31.2 Å². The third-order valence-corrected chi connectivity index (χ3v) is 8.78. The van der Waals surface area contributed by atoms with Crippen LogP contribution >= 0.6 is 0 Å². The minimum absolute atomic E-state index is 0.0388. The zero-order valence-electron chi connectivity index (χ0n) is 31.4. The normalized spacial score (nSPS) is 13.8. The molecule has 13 nitrogen and oxygen atoms in total. The summed E-state index contributed by atoms with van der Waals surface area (Å²) in [4.78, 5) is 61.5. The second-order valence-electron chi connectivity index (χ2n) is 13.8. The van der Waals surface area contributed by atoms with Gasteiger partial charge >= 0.3 is 12.2 Å². The van der Waals surface area contributed by atoms with Crippen LogP contribution in [0.1, 0.15) is 49.9 Å². The quantitative estimate of drug-likeness (QED) is 0.0968. The van der Waals surface area contributed by atoms with E-state index in [4.69, 9.17) is 9.47 Å². The Morgan fingerprint density at radius 3 is 1.42 bits per heavy atom. The highest BCUT2D eigenvalue weighted by Gasteiger charge is 2.36. The summed E-state index contributed by atoms with van der Waals surface area (Å²) >= 11 is 0. The Morgan fingerprint density at radius 1 is 0.600 bits per heavy atom. The van der Waals surface area contributed by atoms with E-state index < -0.39 is 66.0 Å². The molecule has 0 radical (unpaired) electrons. The van der Waals surface area contributed by atoms with Gasteiger partial charge in [-0.25, -0.2) is 14.0 Å². The predicted molar refractivity (Wildman–Crippen MR) is 202 cm³/mol. The van der Waals surface area contributed by atoms with Crippen molar-refractivity contribution < 1.29 is 38.1 Å². The van der Waals surface area contributed by atoms with Crippen LogP contribution in [-0.4, -0.2) is 69.3 Å². The van der Waals surface area contributed by atoms with E-state index >= 15 is 0 Å². The van der Waals surface area contributed by atoms with Crippen LogP contribution in [0.15, 0.2) is 104 Å². The summed E-state index contributed by atoms with van der Waals surface area (Å²) in [5.41, 5.74) is 2.70. The first-order valence-electron chi connectivity index (χ1n) is 18.1. The summed E-state index contributed by atoms with van der Waals surface area (Å²) in [5.74, 6) is -2.43.